The first-order chi connectivity index (χ1) is 13.8. The van der Waals surface area contributed by atoms with Crippen LogP contribution in [-0.2, 0) is 0 Å². The Balaban J connectivity index is 1.73. The minimum absolute atomic E-state index is 0.490. The van der Waals surface area contributed by atoms with Crippen molar-refractivity contribution >= 4 is 23.1 Å². The first-order valence-corrected chi connectivity index (χ1v) is 8.98. The third kappa shape index (κ3) is 4.10. The van der Waals surface area contributed by atoms with Crippen molar-refractivity contribution < 1.29 is 4.74 Å². The molecule has 0 spiro atoms. The van der Waals surface area contributed by atoms with Crippen LogP contribution in [0.5, 0.6) is 5.75 Å². The largest absolute Gasteiger partial charge is 0.495 e. The molecule has 0 aliphatic carbocycles. The van der Waals surface area contributed by atoms with Gasteiger partial charge in [0.05, 0.1) is 18.5 Å². The highest BCUT2D eigenvalue weighted by Gasteiger charge is 2.09. The third-order valence-corrected chi connectivity index (χ3v) is 4.20. The smallest absolute Gasteiger partial charge is 0.229 e. The highest BCUT2D eigenvalue weighted by Crippen LogP contribution is 2.28. The summed E-state index contributed by atoms with van der Waals surface area (Å²) in [4.78, 5) is 9.33. The van der Waals surface area contributed by atoms with Gasteiger partial charge in [-0.2, -0.15) is 4.98 Å². The van der Waals surface area contributed by atoms with Crippen molar-refractivity contribution in [3.8, 4) is 17.0 Å². The van der Waals surface area contributed by atoms with Gasteiger partial charge in [-0.05, 0) is 24.3 Å². The number of anilines is 4. The third-order valence-electron chi connectivity index (χ3n) is 4.20. The van der Waals surface area contributed by atoms with E-state index in [-0.39, 0.29) is 0 Å². The second-order valence-corrected chi connectivity index (χ2v) is 6.14. The van der Waals surface area contributed by atoms with Gasteiger partial charge in [-0.1, -0.05) is 60.7 Å². The van der Waals surface area contributed by atoms with Crippen molar-refractivity contribution in [2.75, 3.05) is 17.7 Å². The van der Waals surface area contributed by atoms with E-state index in [2.05, 4.69) is 15.6 Å². The first-order valence-electron chi connectivity index (χ1n) is 8.98. The first kappa shape index (κ1) is 17.5. The molecule has 4 rings (SSSR count). The van der Waals surface area contributed by atoms with Gasteiger partial charge < -0.3 is 15.4 Å². The van der Waals surface area contributed by atoms with Crippen LogP contribution in [0.2, 0.25) is 0 Å². The summed E-state index contributed by atoms with van der Waals surface area (Å²) in [6.45, 7) is 0. The van der Waals surface area contributed by atoms with Gasteiger partial charge in [0, 0.05) is 17.3 Å². The highest BCUT2D eigenvalue weighted by atomic mass is 16.5. The van der Waals surface area contributed by atoms with E-state index >= 15 is 0 Å². The maximum absolute atomic E-state index is 5.42. The molecule has 2 N–H and O–H groups in total. The summed E-state index contributed by atoms with van der Waals surface area (Å²) in [6, 6.07) is 29.6. The minimum atomic E-state index is 0.490. The molecule has 5 heteroatoms. The Kier molecular flexibility index (Phi) is 5.15. The van der Waals surface area contributed by atoms with Crippen LogP contribution in [0.4, 0.5) is 23.1 Å². The molecule has 0 saturated heterocycles. The standard InChI is InChI=1S/C23H20N4O/c1-28-21-15-9-8-14-19(21)25-23-26-20(17-10-4-2-5-11-17)16-22(27-23)24-18-12-6-3-7-13-18/h2-16H,1H3,(H2,24,25,26,27). The Morgan fingerprint density at radius 3 is 2.14 bits per heavy atom. The molecule has 138 valence electrons. The fourth-order valence-electron chi connectivity index (χ4n) is 2.86. The van der Waals surface area contributed by atoms with E-state index in [0.717, 1.165) is 28.4 Å². The van der Waals surface area contributed by atoms with Crippen LogP contribution in [0.1, 0.15) is 0 Å². The molecule has 1 heterocycles. The van der Waals surface area contributed by atoms with Gasteiger partial charge in [0.15, 0.2) is 0 Å². The number of hydrogen-bond acceptors (Lipinski definition) is 5. The topological polar surface area (TPSA) is 59.1 Å². The average Bonchev–Trinajstić information content (AvgIpc) is 2.75. The monoisotopic (exact) mass is 368 g/mol. The zero-order valence-corrected chi connectivity index (χ0v) is 15.5. The lowest BCUT2D eigenvalue weighted by atomic mass is 10.1. The Bertz CT molecular complexity index is 1050. The molecule has 0 radical (unpaired) electrons. The molecular formula is C23H20N4O. The molecule has 3 aromatic carbocycles. The zero-order valence-electron chi connectivity index (χ0n) is 15.5. The molecule has 0 bridgehead atoms. The Hall–Kier alpha value is -3.86. The second kappa shape index (κ2) is 8.22. The number of hydrogen-bond donors (Lipinski definition) is 2. The fourth-order valence-corrected chi connectivity index (χ4v) is 2.86. The molecule has 0 fully saturated rings. The van der Waals surface area contributed by atoms with Crippen molar-refractivity contribution in [3.63, 3.8) is 0 Å². The minimum Gasteiger partial charge on any atom is -0.495 e. The predicted octanol–water partition coefficient (Wildman–Crippen LogP) is 5.64. The van der Waals surface area contributed by atoms with Crippen molar-refractivity contribution in [1.29, 1.82) is 0 Å². The van der Waals surface area contributed by atoms with Crippen LogP contribution in [0, 0.1) is 0 Å². The van der Waals surface area contributed by atoms with Gasteiger partial charge in [0.25, 0.3) is 0 Å². The number of benzene rings is 3. The summed E-state index contributed by atoms with van der Waals surface area (Å²) >= 11 is 0. The molecular weight excluding hydrogens is 348 g/mol. The van der Waals surface area contributed by atoms with Gasteiger partial charge in [0.2, 0.25) is 5.95 Å². The number of para-hydroxylation sites is 3. The summed E-state index contributed by atoms with van der Waals surface area (Å²) < 4.78 is 5.42. The molecule has 0 amide bonds. The predicted molar refractivity (Wildman–Crippen MR) is 113 cm³/mol. The van der Waals surface area contributed by atoms with E-state index in [4.69, 9.17) is 9.72 Å². The molecule has 0 unspecified atom stereocenters. The molecule has 28 heavy (non-hydrogen) atoms. The van der Waals surface area contributed by atoms with Gasteiger partial charge >= 0.3 is 0 Å². The molecule has 0 saturated carbocycles. The van der Waals surface area contributed by atoms with E-state index < -0.39 is 0 Å². The molecule has 0 aliphatic rings. The lowest BCUT2D eigenvalue weighted by molar-refractivity contribution is 0.417. The summed E-state index contributed by atoms with van der Waals surface area (Å²) in [5, 5.41) is 6.62. The molecule has 5 nitrogen and oxygen atoms in total. The lowest BCUT2D eigenvalue weighted by Gasteiger charge is -2.13. The Labute approximate surface area is 164 Å². The number of nitrogens with one attached hydrogen (secondary N) is 2. The van der Waals surface area contributed by atoms with E-state index in [1.807, 2.05) is 91.0 Å². The summed E-state index contributed by atoms with van der Waals surface area (Å²) in [7, 11) is 1.64. The van der Waals surface area contributed by atoms with Gasteiger partial charge in [0.1, 0.15) is 11.6 Å². The van der Waals surface area contributed by atoms with Crippen LogP contribution < -0.4 is 15.4 Å². The van der Waals surface area contributed by atoms with Crippen LogP contribution in [-0.4, -0.2) is 17.1 Å². The highest BCUT2D eigenvalue weighted by molar-refractivity contribution is 5.70. The zero-order chi connectivity index (χ0) is 19.2. The van der Waals surface area contributed by atoms with Crippen LogP contribution in [0.15, 0.2) is 91.0 Å². The quantitative estimate of drug-likeness (QED) is 0.461. The Morgan fingerprint density at radius 2 is 1.39 bits per heavy atom. The van der Waals surface area contributed by atoms with Gasteiger partial charge in [-0.3, -0.25) is 0 Å². The van der Waals surface area contributed by atoms with Crippen molar-refractivity contribution in [1.82, 2.24) is 9.97 Å². The number of rotatable bonds is 6. The molecule has 1 aromatic heterocycles. The molecule has 4 aromatic rings. The number of nitrogens with zero attached hydrogens (tertiary/aromatic N) is 2. The van der Waals surface area contributed by atoms with Gasteiger partial charge in [-0.25, -0.2) is 4.98 Å². The number of ether oxygens (including phenoxy) is 1. The van der Waals surface area contributed by atoms with E-state index in [9.17, 15) is 0 Å². The van der Waals surface area contributed by atoms with Crippen LogP contribution in [0.3, 0.4) is 0 Å². The molecule has 0 atom stereocenters. The van der Waals surface area contributed by atoms with E-state index in [1.54, 1.807) is 7.11 Å². The summed E-state index contributed by atoms with van der Waals surface area (Å²) in [5.41, 5.74) is 3.61. The average molecular weight is 368 g/mol. The SMILES string of the molecule is COc1ccccc1Nc1nc(Nc2ccccc2)cc(-c2ccccc2)n1. The maximum Gasteiger partial charge on any atom is 0.229 e. The Morgan fingerprint density at radius 1 is 0.714 bits per heavy atom. The van der Waals surface area contributed by atoms with E-state index in [0.29, 0.717) is 11.8 Å². The van der Waals surface area contributed by atoms with Crippen molar-refractivity contribution in [3.05, 3.63) is 91.0 Å². The maximum atomic E-state index is 5.42. The fraction of sp³-hybridized carbons (Fsp3) is 0.0435. The van der Waals surface area contributed by atoms with Gasteiger partial charge in [-0.15, -0.1) is 0 Å². The summed E-state index contributed by atoms with van der Waals surface area (Å²) in [6.07, 6.45) is 0. The molecule has 0 aliphatic heterocycles. The van der Waals surface area contributed by atoms with Crippen molar-refractivity contribution in [2.45, 2.75) is 0 Å². The van der Waals surface area contributed by atoms with Crippen LogP contribution >= 0.6 is 0 Å². The van der Waals surface area contributed by atoms with Crippen molar-refractivity contribution in [2.24, 2.45) is 0 Å². The lowest BCUT2D eigenvalue weighted by Crippen LogP contribution is -2.03. The van der Waals surface area contributed by atoms with E-state index in [1.165, 1.54) is 0 Å². The second-order valence-electron chi connectivity index (χ2n) is 6.14. The normalized spacial score (nSPS) is 10.3. The number of methoxy groups -OCH3 is 1. The van der Waals surface area contributed by atoms with Crippen LogP contribution in [0.25, 0.3) is 11.3 Å². The number of aromatic nitrogens is 2. The summed E-state index contributed by atoms with van der Waals surface area (Å²) in [5.74, 6) is 1.93.